The highest BCUT2D eigenvalue weighted by molar-refractivity contribution is 5.72. The lowest BCUT2D eigenvalue weighted by atomic mass is 9.97. The summed E-state index contributed by atoms with van der Waals surface area (Å²) in [6, 6.07) is 10.4. The molecule has 0 aliphatic carbocycles. The summed E-state index contributed by atoms with van der Waals surface area (Å²) >= 11 is 0. The predicted octanol–water partition coefficient (Wildman–Crippen LogP) is 6.84. The van der Waals surface area contributed by atoms with E-state index in [1.54, 1.807) is 12.1 Å². The van der Waals surface area contributed by atoms with Gasteiger partial charge in [-0.15, -0.1) is 0 Å². The number of rotatable bonds is 6. The Morgan fingerprint density at radius 3 is 1.86 bits per heavy atom. The first-order valence-electron chi connectivity index (χ1n) is 8.71. The molecule has 0 amide bonds. The quantitative estimate of drug-likeness (QED) is 0.418. The van der Waals surface area contributed by atoms with Gasteiger partial charge >= 0.3 is 0 Å². The van der Waals surface area contributed by atoms with Crippen LogP contribution >= 0.6 is 0 Å². The smallest absolute Gasteiger partial charge is 0.228 e. The molecule has 0 atom stereocenters. The highest BCUT2D eigenvalue weighted by Gasteiger charge is 2.16. The van der Waals surface area contributed by atoms with E-state index in [9.17, 15) is 22.0 Å². The second-order valence-electron chi connectivity index (χ2n) is 6.28. The zero-order valence-electron chi connectivity index (χ0n) is 15.0. The van der Waals surface area contributed by atoms with E-state index in [-0.39, 0.29) is 16.7 Å². The number of hydrogen-bond acceptors (Lipinski definition) is 1. The number of alkyl halides is 1. The Labute approximate surface area is 159 Å². The molecule has 0 saturated heterocycles. The molecule has 3 rings (SSSR count). The van der Waals surface area contributed by atoms with Crippen LogP contribution in [0.2, 0.25) is 0 Å². The number of aryl methyl sites for hydroxylation is 1. The SMILES string of the molecule is CCCc1ccc(-c2ccc(-c3cc(F)c(OCF)c(F)c3)c(F)c2)c(F)c1. The Morgan fingerprint density at radius 1 is 0.714 bits per heavy atom. The topological polar surface area (TPSA) is 9.23 Å². The van der Waals surface area contributed by atoms with Crippen LogP contribution in [0.1, 0.15) is 18.9 Å². The third kappa shape index (κ3) is 4.01. The number of halogens is 5. The van der Waals surface area contributed by atoms with Gasteiger partial charge in [-0.05, 0) is 47.4 Å². The van der Waals surface area contributed by atoms with Gasteiger partial charge in [0.15, 0.2) is 17.4 Å². The average molecular weight is 392 g/mol. The first-order chi connectivity index (χ1) is 13.4. The second-order valence-corrected chi connectivity index (χ2v) is 6.28. The summed E-state index contributed by atoms with van der Waals surface area (Å²) in [6.45, 7) is 0.598. The minimum atomic E-state index is -1.39. The van der Waals surface area contributed by atoms with Crippen molar-refractivity contribution in [3.8, 4) is 28.0 Å². The van der Waals surface area contributed by atoms with Gasteiger partial charge in [0.1, 0.15) is 11.6 Å². The Bertz CT molecular complexity index is 977. The molecule has 0 saturated carbocycles. The molecule has 0 bridgehead atoms. The van der Waals surface area contributed by atoms with Gasteiger partial charge in [0.25, 0.3) is 0 Å². The molecule has 0 spiro atoms. The Morgan fingerprint density at radius 2 is 1.29 bits per heavy atom. The van der Waals surface area contributed by atoms with Crippen LogP contribution in [0.3, 0.4) is 0 Å². The Hall–Kier alpha value is -2.89. The van der Waals surface area contributed by atoms with E-state index in [1.807, 2.05) is 6.92 Å². The summed E-state index contributed by atoms with van der Waals surface area (Å²) in [6.07, 6.45) is 1.62. The molecule has 6 heteroatoms. The molecule has 0 aliphatic heterocycles. The lowest BCUT2D eigenvalue weighted by Gasteiger charge is -2.11. The highest BCUT2D eigenvalue weighted by atomic mass is 19.2. The molecule has 0 radical (unpaired) electrons. The first kappa shape index (κ1) is 19.9. The van der Waals surface area contributed by atoms with Gasteiger partial charge in [-0.2, -0.15) is 0 Å². The van der Waals surface area contributed by atoms with Gasteiger partial charge in [-0.3, -0.25) is 0 Å². The highest BCUT2D eigenvalue weighted by Crippen LogP contribution is 2.33. The van der Waals surface area contributed by atoms with E-state index in [0.29, 0.717) is 5.56 Å². The van der Waals surface area contributed by atoms with Crippen molar-refractivity contribution in [2.24, 2.45) is 0 Å². The third-order valence-corrected chi connectivity index (χ3v) is 4.36. The van der Waals surface area contributed by atoms with E-state index in [1.165, 1.54) is 18.2 Å². The van der Waals surface area contributed by atoms with E-state index in [4.69, 9.17) is 0 Å². The molecule has 3 aromatic rings. The molecular formula is C22H17F5O. The van der Waals surface area contributed by atoms with Crippen molar-refractivity contribution in [1.82, 2.24) is 0 Å². The maximum Gasteiger partial charge on any atom is 0.228 e. The number of ether oxygens (including phenoxy) is 1. The molecular weight excluding hydrogens is 375 g/mol. The van der Waals surface area contributed by atoms with E-state index in [0.717, 1.165) is 36.6 Å². The van der Waals surface area contributed by atoms with Gasteiger partial charge in [-0.25, -0.2) is 22.0 Å². The predicted molar refractivity (Wildman–Crippen MR) is 97.7 cm³/mol. The van der Waals surface area contributed by atoms with Crippen LogP contribution < -0.4 is 4.74 Å². The fourth-order valence-corrected chi connectivity index (χ4v) is 3.06. The Balaban J connectivity index is 1.97. The van der Waals surface area contributed by atoms with Crippen LogP contribution in [-0.2, 0) is 6.42 Å². The summed E-state index contributed by atoms with van der Waals surface area (Å²) in [4.78, 5) is 0. The standard InChI is InChI=1S/C22H17F5O/c1-2-3-13-4-6-16(18(24)8-13)14-5-7-17(19(25)9-14)15-10-20(26)22(28-12-23)21(27)11-15/h4-11H,2-3,12H2,1H3. The molecule has 0 N–H and O–H groups in total. The molecule has 0 unspecified atom stereocenters. The number of benzene rings is 3. The van der Waals surface area contributed by atoms with Gasteiger partial charge in [0.05, 0.1) is 0 Å². The van der Waals surface area contributed by atoms with Gasteiger partial charge in [0, 0.05) is 11.1 Å². The monoisotopic (exact) mass is 392 g/mol. The fraction of sp³-hybridized carbons (Fsp3) is 0.182. The lowest BCUT2D eigenvalue weighted by Crippen LogP contribution is -1.98. The van der Waals surface area contributed by atoms with Crippen LogP contribution in [0.5, 0.6) is 5.75 Å². The second kappa shape index (κ2) is 8.42. The Kier molecular flexibility index (Phi) is 5.97. The molecule has 3 aromatic carbocycles. The van der Waals surface area contributed by atoms with Crippen LogP contribution in [0, 0.1) is 23.3 Å². The van der Waals surface area contributed by atoms with E-state index < -0.39 is 35.9 Å². The van der Waals surface area contributed by atoms with Crippen molar-refractivity contribution < 1.29 is 26.7 Å². The van der Waals surface area contributed by atoms with Crippen molar-refractivity contribution in [3.05, 3.63) is 77.4 Å². The summed E-state index contributed by atoms with van der Waals surface area (Å²) in [5, 5.41) is 0. The molecule has 0 aromatic heterocycles. The molecule has 28 heavy (non-hydrogen) atoms. The van der Waals surface area contributed by atoms with Crippen LogP contribution in [0.15, 0.2) is 48.5 Å². The zero-order chi connectivity index (χ0) is 20.3. The molecule has 0 fully saturated rings. The van der Waals surface area contributed by atoms with Crippen molar-refractivity contribution in [3.63, 3.8) is 0 Å². The lowest BCUT2D eigenvalue weighted by molar-refractivity contribution is 0.176. The van der Waals surface area contributed by atoms with Crippen molar-refractivity contribution in [2.75, 3.05) is 6.86 Å². The van der Waals surface area contributed by atoms with Crippen LogP contribution in [0.25, 0.3) is 22.3 Å². The summed E-state index contributed by atoms with van der Waals surface area (Å²) in [5.74, 6) is -4.39. The summed E-state index contributed by atoms with van der Waals surface area (Å²) in [7, 11) is 0. The normalized spacial score (nSPS) is 10.9. The van der Waals surface area contributed by atoms with Gasteiger partial charge in [0.2, 0.25) is 6.86 Å². The zero-order valence-corrected chi connectivity index (χ0v) is 15.0. The summed E-state index contributed by atoms with van der Waals surface area (Å²) in [5.41, 5.74) is 1.23. The van der Waals surface area contributed by atoms with Crippen molar-refractivity contribution >= 4 is 0 Å². The number of hydrogen-bond donors (Lipinski definition) is 0. The van der Waals surface area contributed by atoms with Crippen LogP contribution in [0.4, 0.5) is 22.0 Å². The molecule has 0 heterocycles. The maximum absolute atomic E-state index is 14.6. The summed E-state index contributed by atoms with van der Waals surface area (Å²) < 4.78 is 73.2. The van der Waals surface area contributed by atoms with Gasteiger partial charge < -0.3 is 4.74 Å². The maximum atomic E-state index is 14.6. The van der Waals surface area contributed by atoms with Crippen LogP contribution in [-0.4, -0.2) is 6.86 Å². The molecule has 146 valence electrons. The minimum Gasteiger partial charge on any atom is -0.457 e. The minimum absolute atomic E-state index is 0.0728. The van der Waals surface area contributed by atoms with Crippen molar-refractivity contribution in [1.29, 1.82) is 0 Å². The molecule has 1 nitrogen and oxygen atoms in total. The third-order valence-electron chi connectivity index (χ3n) is 4.36. The largest absolute Gasteiger partial charge is 0.457 e. The van der Waals surface area contributed by atoms with E-state index >= 15 is 0 Å². The average Bonchev–Trinajstić information content (AvgIpc) is 2.65. The van der Waals surface area contributed by atoms with Gasteiger partial charge in [-0.1, -0.05) is 37.6 Å². The fourth-order valence-electron chi connectivity index (χ4n) is 3.06. The molecule has 0 aliphatic rings. The van der Waals surface area contributed by atoms with E-state index in [2.05, 4.69) is 4.74 Å². The first-order valence-corrected chi connectivity index (χ1v) is 8.71. The van der Waals surface area contributed by atoms with Crippen molar-refractivity contribution in [2.45, 2.75) is 19.8 Å².